The molecule has 1 saturated heterocycles. The summed E-state index contributed by atoms with van der Waals surface area (Å²) in [7, 11) is 0. The molecule has 1 N–H and O–H groups in total. The Balaban J connectivity index is 1.39. The van der Waals surface area contributed by atoms with Crippen molar-refractivity contribution in [2.75, 3.05) is 29.4 Å². The van der Waals surface area contributed by atoms with E-state index in [0.29, 0.717) is 0 Å². The first-order valence-electron chi connectivity index (χ1n) is 8.27. The molecule has 0 saturated carbocycles. The minimum absolute atomic E-state index is 0.0369. The average Bonchev–Trinajstić information content (AvgIpc) is 3.22. The number of carbonyl (C=O) groups excluding carboxylic acids is 1. The molecule has 0 spiro atoms. The molecule has 118 valence electrons. The highest BCUT2D eigenvalue weighted by Crippen LogP contribution is 2.27. The fourth-order valence-electron chi connectivity index (χ4n) is 3.55. The molecule has 2 heterocycles. The summed E-state index contributed by atoms with van der Waals surface area (Å²) in [6.07, 6.45) is 1.94. The molecule has 2 aromatic rings. The minimum atomic E-state index is 0.0369. The maximum atomic E-state index is 12.6. The lowest BCUT2D eigenvalue weighted by Gasteiger charge is -2.22. The zero-order valence-electron chi connectivity index (χ0n) is 13.1. The summed E-state index contributed by atoms with van der Waals surface area (Å²) in [5, 5.41) is 3.21. The van der Waals surface area contributed by atoms with Crippen LogP contribution in [0.1, 0.15) is 12.0 Å². The summed E-state index contributed by atoms with van der Waals surface area (Å²) >= 11 is 0. The van der Waals surface area contributed by atoms with Crippen molar-refractivity contribution >= 4 is 17.4 Å². The molecule has 0 radical (unpaired) electrons. The number of rotatable bonds is 2. The number of fused-ring (bicyclic) bond motifs is 1. The number of amides is 2. The van der Waals surface area contributed by atoms with Gasteiger partial charge in [-0.3, -0.25) is 4.90 Å². The normalized spacial score (nSPS) is 19.7. The fraction of sp³-hybridized carbons (Fsp3) is 0.316. The molecule has 1 unspecified atom stereocenters. The number of hydrogen-bond donors (Lipinski definition) is 1. The van der Waals surface area contributed by atoms with Gasteiger partial charge in [-0.2, -0.15) is 0 Å². The van der Waals surface area contributed by atoms with Gasteiger partial charge in [-0.25, -0.2) is 4.79 Å². The number of benzene rings is 2. The Morgan fingerprint density at radius 1 is 1.00 bits per heavy atom. The van der Waals surface area contributed by atoms with Crippen molar-refractivity contribution in [1.29, 1.82) is 0 Å². The third-order valence-corrected chi connectivity index (χ3v) is 4.77. The first kappa shape index (κ1) is 14.1. The first-order chi connectivity index (χ1) is 11.3. The fourth-order valence-corrected chi connectivity index (χ4v) is 3.55. The summed E-state index contributed by atoms with van der Waals surface area (Å²) in [4.78, 5) is 16.8. The van der Waals surface area contributed by atoms with Crippen LogP contribution in [-0.4, -0.2) is 31.7 Å². The predicted molar refractivity (Wildman–Crippen MR) is 93.1 cm³/mol. The zero-order chi connectivity index (χ0) is 15.6. The van der Waals surface area contributed by atoms with Gasteiger partial charge in [0.25, 0.3) is 0 Å². The third kappa shape index (κ3) is 2.77. The van der Waals surface area contributed by atoms with Crippen LogP contribution in [0.2, 0.25) is 0 Å². The van der Waals surface area contributed by atoms with Gasteiger partial charge >= 0.3 is 6.03 Å². The minimum Gasteiger partial charge on any atom is -0.369 e. The van der Waals surface area contributed by atoms with E-state index >= 15 is 0 Å². The van der Waals surface area contributed by atoms with Gasteiger partial charge in [0.05, 0.1) is 0 Å². The molecule has 2 amide bonds. The molecule has 0 aliphatic carbocycles. The highest BCUT2D eigenvalue weighted by molar-refractivity contribution is 5.94. The molecule has 0 aromatic heterocycles. The van der Waals surface area contributed by atoms with Crippen LogP contribution in [0.5, 0.6) is 0 Å². The number of hydrogen-bond acceptors (Lipinski definition) is 2. The number of anilines is 2. The topological polar surface area (TPSA) is 35.6 Å². The summed E-state index contributed by atoms with van der Waals surface area (Å²) in [6.45, 7) is 2.65. The second kappa shape index (κ2) is 5.95. The lowest BCUT2D eigenvalue weighted by Crippen LogP contribution is -2.45. The Hall–Kier alpha value is -2.49. The molecule has 1 atom stereocenters. The quantitative estimate of drug-likeness (QED) is 0.925. The van der Waals surface area contributed by atoms with Gasteiger partial charge in [-0.1, -0.05) is 36.4 Å². The second-order valence-electron chi connectivity index (χ2n) is 6.25. The monoisotopic (exact) mass is 307 g/mol. The zero-order valence-corrected chi connectivity index (χ0v) is 13.1. The van der Waals surface area contributed by atoms with E-state index in [-0.39, 0.29) is 12.1 Å². The number of urea groups is 1. The number of nitrogens with zero attached hydrogens (tertiary/aromatic N) is 2. The second-order valence-corrected chi connectivity index (χ2v) is 6.25. The Morgan fingerprint density at radius 3 is 2.65 bits per heavy atom. The molecule has 1 fully saturated rings. The van der Waals surface area contributed by atoms with E-state index in [1.807, 2.05) is 29.2 Å². The highest BCUT2D eigenvalue weighted by Gasteiger charge is 2.29. The first-order valence-corrected chi connectivity index (χ1v) is 8.27. The lowest BCUT2D eigenvalue weighted by atomic mass is 10.2. The van der Waals surface area contributed by atoms with Crippen molar-refractivity contribution < 1.29 is 4.79 Å². The van der Waals surface area contributed by atoms with Crippen molar-refractivity contribution in [1.82, 2.24) is 5.32 Å². The van der Waals surface area contributed by atoms with E-state index in [1.54, 1.807) is 0 Å². The lowest BCUT2D eigenvalue weighted by molar-refractivity contribution is 0.244. The van der Waals surface area contributed by atoms with E-state index < -0.39 is 0 Å². The largest absolute Gasteiger partial charge is 0.369 e. The molecular formula is C19H21N3O. The van der Waals surface area contributed by atoms with Gasteiger partial charge in [-0.05, 0) is 36.6 Å². The van der Waals surface area contributed by atoms with Gasteiger partial charge in [0, 0.05) is 37.1 Å². The third-order valence-electron chi connectivity index (χ3n) is 4.77. The van der Waals surface area contributed by atoms with Crippen LogP contribution in [0, 0.1) is 0 Å². The van der Waals surface area contributed by atoms with Gasteiger partial charge in [0.15, 0.2) is 0 Å². The van der Waals surface area contributed by atoms with E-state index in [2.05, 4.69) is 40.5 Å². The van der Waals surface area contributed by atoms with Crippen molar-refractivity contribution in [3.05, 3.63) is 60.2 Å². The van der Waals surface area contributed by atoms with E-state index in [4.69, 9.17) is 0 Å². The predicted octanol–water partition coefficient (Wildman–Crippen LogP) is 3.04. The average molecular weight is 307 g/mol. The maximum Gasteiger partial charge on any atom is 0.322 e. The van der Waals surface area contributed by atoms with Crippen LogP contribution in [-0.2, 0) is 6.42 Å². The van der Waals surface area contributed by atoms with Crippen molar-refractivity contribution in [3.8, 4) is 0 Å². The molecule has 4 rings (SSSR count). The van der Waals surface area contributed by atoms with Gasteiger partial charge in [0.1, 0.15) is 0 Å². The molecule has 23 heavy (non-hydrogen) atoms. The van der Waals surface area contributed by atoms with Crippen LogP contribution in [0.4, 0.5) is 16.2 Å². The van der Waals surface area contributed by atoms with Crippen molar-refractivity contribution in [3.63, 3.8) is 0 Å². The number of para-hydroxylation sites is 2. The van der Waals surface area contributed by atoms with Gasteiger partial charge in [-0.15, -0.1) is 0 Å². The van der Waals surface area contributed by atoms with Crippen LogP contribution >= 0.6 is 0 Å². The summed E-state index contributed by atoms with van der Waals surface area (Å²) in [6, 6.07) is 18.8. The Morgan fingerprint density at radius 2 is 1.78 bits per heavy atom. The van der Waals surface area contributed by atoms with E-state index in [0.717, 1.165) is 38.2 Å². The molecule has 2 aliphatic rings. The number of nitrogens with one attached hydrogen (secondary N) is 1. The molecule has 4 heteroatoms. The Bertz CT molecular complexity index is 701. The van der Waals surface area contributed by atoms with Crippen LogP contribution in [0.3, 0.4) is 0 Å². The van der Waals surface area contributed by atoms with Gasteiger partial charge < -0.3 is 10.2 Å². The van der Waals surface area contributed by atoms with E-state index in [9.17, 15) is 4.79 Å². The van der Waals surface area contributed by atoms with Crippen molar-refractivity contribution in [2.24, 2.45) is 0 Å². The molecule has 0 bridgehead atoms. The summed E-state index contributed by atoms with van der Waals surface area (Å²) < 4.78 is 0. The van der Waals surface area contributed by atoms with Gasteiger partial charge in [0.2, 0.25) is 0 Å². The Kier molecular flexibility index (Phi) is 3.66. The highest BCUT2D eigenvalue weighted by atomic mass is 16.2. The van der Waals surface area contributed by atoms with Crippen LogP contribution in [0.25, 0.3) is 0 Å². The summed E-state index contributed by atoms with van der Waals surface area (Å²) in [5.74, 6) is 0. The van der Waals surface area contributed by atoms with Crippen LogP contribution < -0.4 is 15.1 Å². The molecular weight excluding hydrogens is 286 g/mol. The van der Waals surface area contributed by atoms with Crippen LogP contribution in [0.15, 0.2) is 54.6 Å². The SMILES string of the molecule is O=C(NC1CCN(c2ccccc2)C1)N1CCc2ccccc21. The smallest absolute Gasteiger partial charge is 0.322 e. The number of carbonyl (C=O) groups is 1. The molecule has 4 nitrogen and oxygen atoms in total. The molecule has 2 aromatic carbocycles. The van der Waals surface area contributed by atoms with Crippen molar-refractivity contribution in [2.45, 2.75) is 18.9 Å². The summed E-state index contributed by atoms with van der Waals surface area (Å²) in [5.41, 5.74) is 3.55. The Labute approximate surface area is 136 Å². The standard InChI is InChI=1S/C19H21N3O/c23-19(22-13-10-15-6-4-5-9-18(15)22)20-16-11-12-21(14-16)17-7-2-1-3-8-17/h1-9,16H,10-14H2,(H,20,23). The van der Waals surface area contributed by atoms with E-state index in [1.165, 1.54) is 11.3 Å². The molecule has 2 aliphatic heterocycles. The maximum absolute atomic E-state index is 12.6.